The smallest absolute Gasteiger partial charge is 0.305 e. The molecule has 2 fully saturated rings. The van der Waals surface area contributed by atoms with Crippen LogP contribution in [-0.2, 0) is 33.3 Å². The van der Waals surface area contributed by atoms with E-state index in [0.29, 0.717) is 0 Å². The molecule has 126 valence electrons. The summed E-state index contributed by atoms with van der Waals surface area (Å²) in [6, 6.07) is 0. The monoisotopic (exact) mass is 316 g/mol. The molecular weight excluding hydrogens is 292 g/mol. The maximum atomic E-state index is 11.1. The highest BCUT2D eigenvalue weighted by Crippen LogP contribution is 2.51. The van der Waals surface area contributed by atoms with Gasteiger partial charge < -0.3 is 18.9 Å². The van der Waals surface area contributed by atoms with E-state index in [4.69, 9.17) is 18.9 Å². The van der Waals surface area contributed by atoms with Crippen molar-refractivity contribution in [2.75, 3.05) is 6.61 Å². The number of ether oxygens (including phenoxy) is 4. The molecule has 0 spiro atoms. The molecule has 5 unspecified atom stereocenters. The highest BCUT2D eigenvalue weighted by molar-refractivity contribution is 5.67. The lowest BCUT2D eigenvalue weighted by atomic mass is 10.1. The third kappa shape index (κ3) is 4.98. The van der Waals surface area contributed by atoms with E-state index in [1.807, 2.05) is 13.8 Å². The van der Waals surface area contributed by atoms with Crippen LogP contribution in [-0.4, -0.2) is 43.0 Å². The lowest BCUT2D eigenvalue weighted by Crippen LogP contribution is -2.47. The Balaban J connectivity index is 0.00000116. The number of carbonyl (C=O) groups excluding carboxylic acids is 3. The lowest BCUT2D eigenvalue weighted by molar-refractivity contribution is -0.249. The molecule has 0 bridgehead atoms. The molecular formula is C15H24O7. The fourth-order valence-corrected chi connectivity index (χ4v) is 2.55. The summed E-state index contributed by atoms with van der Waals surface area (Å²) in [6.07, 6.45) is -1.07. The van der Waals surface area contributed by atoms with Gasteiger partial charge in [0.15, 0.2) is 6.10 Å². The van der Waals surface area contributed by atoms with Crippen molar-refractivity contribution in [2.45, 2.75) is 59.5 Å². The minimum atomic E-state index is -0.944. The molecule has 2 rings (SSSR count). The molecule has 1 aliphatic heterocycles. The summed E-state index contributed by atoms with van der Waals surface area (Å²) in [7, 11) is 0. The Bertz CT molecular complexity index is 420. The summed E-state index contributed by atoms with van der Waals surface area (Å²) in [6.45, 7) is 7.99. The molecule has 1 heterocycles. The lowest BCUT2D eigenvalue weighted by Gasteiger charge is -2.34. The number of fused-ring (bicyclic) bond motifs is 1. The Morgan fingerprint density at radius 1 is 0.955 bits per heavy atom. The third-order valence-corrected chi connectivity index (χ3v) is 3.40. The van der Waals surface area contributed by atoms with Crippen LogP contribution in [0.3, 0.4) is 0 Å². The van der Waals surface area contributed by atoms with Gasteiger partial charge in [0.2, 0.25) is 6.29 Å². The zero-order valence-electron chi connectivity index (χ0n) is 13.7. The first-order chi connectivity index (χ1) is 10.4. The number of rotatable bonds is 4. The molecule has 1 saturated carbocycles. The molecule has 22 heavy (non-hydrogen) atoms. The Labute approximate surface area is 130 Å². The van der Waals surface area contributed by atoms with Crippen LogP contribution < -0.4 is 0 Å². The molecule has 0 N–H and O–H groups in total. The topological polar surface area (TPSA) is 88.1 Å². The van der Waals surface area contributed by atoms with Crippen LogP contribution in [0.4, 0.5) is 0 Å². The van der Waals surface area contributed by atoms with Gasteiger partial charge in [-0.05, 0) is 12.3 Å². The van der Waals surface area contributed by atoms with E-state index in [2.05, 4.69) is 0 Å². The first-order valence-corrected chi connectivity index (χ1v) is 7.51. The van der Waals surface area contributed by atoms with Crippen molar-refractivity contribution < 1.29 is 33.3 Å². The summed E-state index contributed by atoms with van der Waals surface area (Å²) in [4.78, 5) is 33.1. The van der Waals surface area contributed by atoms with Gasteiger partial charge in [-0.2, -0.15) is 0 Å². The normalized spacial score (nSPS) is 31.8. The predicted molar refractivity (Wildman–Crippen MR) is 75.6 cm³/mol. The Kier molecular flexibility index (Phi) is 6.80. The average molecular weight is 316 g/mol. The standard InChI is InChI=1S/C13H18O7.C2H6/c1-6(14)17-5-11-9-4-10(9)12(18-7(2)15)13(20-11)19-8(3)16;1-2/h9-13H,4-5H2,1-3H3;1-2H3. The largest absolute Gasteiger partial charge is 0.463 e. The molecule has 1 aliphatic carbocycles. The molecule has 0 amide bonds. The van der Waals surface area contributed by atoms with E-state index in [9.17, 15) is 14.4 Å². The first kappa shape index (κ1) is 18.4. The van der Waals surface area contributed by atoms with Crippen molar-refractivity contribution in [3.63, 3.8) is 0 Å². The molecule has 0 radical (unpaired) electrons. The van der Waals surface area contributed by atoms with Crippen LogP contribution >= 0.6 is 0 Å². The summed E-state index contributed by atoms with van der Waals surface area (Å²) in [5.74, 6) is -1.11. The van der Waals surface area contributed by atoms with E-state index in [1.165, 1.54) is 20.8 Å². The minimum absolute atomic E-state index is 0.0811. The predicted octanol–water partition coefficient (Wildman–Crippen LogP) is 1.43. The van der Waals surface area contributed by atoms with Crippen molar-refractivity contribution in [2.24, 2.45) is 11.8 Å². The minimum Gasteiger partial charge on any atom is -0.463 e. The van der Waals surface area contributed by atoms with Crippen LogP contribution in [0.1, 0.15) is 41.0 Å². The van der Waals surface area contributed by atoms with Crippen LogP contribution in [0.15, 0.2) is 0 Å². The van der Waals surface area contributed by atoms with Gasteiger partial charge in [0, 0.05) is 26.7 Å². The van der Waals surface area contributed by atoms with Gasteiger partial charge in [0.25, 0.3) is 0 Å². The number of esters is 3. The second-order valence-corrected chi connectivity index (χ2v) is 5.09. The van der Waals surface area contributed by atoms with Gasteiger partial charge in [-0.1, -0.05) is 13.8 Å². The van der Waals surface area contributed by atoms with Crippen molar-refractivity contribution in [1.82, 2.24) is 0 Å². The summed E-state index contributed by atoms with van der Waals surface area (Å²) < 4.78 is 20.8. The zero-order chi connectivity index (χ0) is 16.9. The molecule has 0 aromatic rings. The van der Waals surface area contributed by atoms with E-state index < -0.39 is 30.3 Å². The summed E-state index contributed by atoms with van der Waals surface area (Å²) in [5.41, 5.74) is 0. The molecule has 7 heteroatoms. The number of carbonyl (C=O) groups is 3. The molecule has 7 nitrogen and oxygen atoms in total. The van der Waals surface area contributed by atoms with Gasteiger partial charge >= 0.3 is 17.9 Å². The number of hydrogen-bond donors (Lipinski definition) is 0. The van der Waals surface area contributed by atoms with E-state index in [1.54, 1.807) is 0 Å². The van der Waals surface area contributed by atoms with Crippen LogP contribution in [0.25, 0.3) is 0 Å². The quantitative estimate of drug-likeness (QED) is 0.572. The fraction of sp³-hybridized carbons (Fsp3) is 0.800. The Morgan fingerprint density at radius 3 is 2.05 bits per heavy atom. The molecule has 1 saturated heterocycles. The third-order valence-electron chi connectivity index (χ3n) is 3.40. The molecule has 2 aliphatic rings. The second-order valence-electron chi connectivity index (χ2n) is 5.09. The SMILES string of the molecule is CC.CC(=O)OCC1OC(OC(C)=O)C(OC(C)=O)C2CC12. The second kappa shape index (κ2) is 8.12. The van der Waals surface area contributed by atoms with Gasteiger partial charge in [-0.15, -0.1) is 0 Å². The van der Waals surface area contributed by atoms with E-state index >= 15 is 0 Å². The molecule has 5 atom stereocenters. The fourth-order valence-electron chi connectivity index (χ4n) is 2.55. The van der Waals surface area contributed by atoms with Crippen LogP contribution in [0.5, 0.6) is 0 Å². The van der Waals surface area contributed by atoms with Gasteiger partial charge in [0.1, 0.15) is 6.61 Å². The Morgan fingerprint density at radius 2 is 1.55 bits per heavy atom. The maximum Gasteiger partial charge on any atom is 0.305 e. The highest BCUT2D eigenvalue weighted by atomic mass is 16.7. The van der Waals surface area contributed by atoms with E-state index in [0.717, 1.165) is 6.42 Å². The van der Waals surface area contributed by atoms with Crippen LogP contribution in [0.2, 0.25) is 0 Å². The summed E-state index contributed by atoms with van der Waals surface area (Å²) in [5, 5.41) is 0. The highest BCUT2D eigenvalue weighted by Gasteiger charge is 2.58. The summed E-state index contributed by atoms with van der Waals surface area (Å²) >= 11 is 0. The zero-order valence-corrected chi connectivity index (χ0v) is 13.7. The van der Waals surface area contributed by atoms with Gasteiger partial charge in [0.05, 0.1) is 6.10 Å². The molecule has 0 aromatic heterocycles. The van der Waals surface area contributed by atoms with Crippen molar-refractivity contribution in [1.29, 1.82) is 0 Å². The van der Waals surface area contributed by atoms with Crippen molar-refractivity contribution >= 4 is 17.9 Å². The first-order valence-electron chi connectivity index (χ1n) is 7.51. The Hall–Kier alpha value is -1.63. The van der Waals surface area contributed by atoms with Crippen molar-refractivity contribution in [3.8, 4) is 0 Å². The van der Waals surface area contributed by atoms with Crippen LogP contribution in [0, 0.1) is 11.8 Å². The van der Waals surface area contributed by atoms with E-state index in [-0.39, 0.29) is 24.5 Å². The van der Waals surface area contributed by atoms with Gasteiger partial charge in [-0.3, -0.25) is 14.4 Å². The number of hydrogen-bond acceptors (Lipinski definition) is 7. The average Bonchev–Trinajstić information content (AvgIpc) is 3.21. The molecule has 0 aromatic carbocycles. The van der Waals surface area contributed by atoms with Crippen molar-refractivity contribution in [3.05, 3.63) is 0 Å². The van der Waals surface area contributed by atoms with Gasteiger partial charge in [-0.25, -0.2) is 0 Å². The maximum absolute atomic E-state index is 11.1.